The van der Waals surface area contributed by atoms with Crippen LogP contribution in [0.25, 0.3) is 11.3 Å². The average Bonchev–Trinajstić information content (AvgIpc) is 3.05. The third-order valence-electron chi connectivity index (χ3n) is 4.28. The fourth-order valence-electron chi connectivity index (χ4n) is 3.05. The number of imidazole rings is 1. The topological polar surface area (TPSA) is 45.3 Å². The molecule has 3 nitrogen and oxygen atoms in total. The Morgan fingerprint density at radius 1 is 1.05 bits per heavy atom. The number of halogens is 1. The van der Waals surface area contributed by atoms with Gasteiger partial charge in [-0.25, -0.2) is 4.98 Å². The Balaban J connectivity index is 1.59. The number of rotatable bonds is 2. The predicted octanol–water partition coefficient (Wildman–Crippen LogP) is 3.20. The normalized spacial score (nSPS) is 17.2. The van der Waals surface area contributed by atoms with Crippen LogP contribution in [-0.4, -0.2) is 9.97 Å². The van der Waals surface area contributed by atoms with Crippen LogP contribution in [0.2, 0.25) is 0 Å². The van der Waals surface area contributed by atoms with E-state index in [0.717, 1.165) is 34.5 Å². The van der Waals surface area contributed by atoms with Gasteiger partial charge in [-0.3, -0.25) is 0 Å². The number of nitrogens with two attached hydrogens (primary N) is 1. The van der Waals surface area contributed by atoms with E-state index in [1.54, 1.807) is 0 Å². The largest absolute Gasteiger partial charge is 0.337 e. The molecule has 1 aromatic heterocycles. The maximum atomic E-state index is 4.61. The molecule has 1 aliphatic heterocycles. The minimum Gasteiger partial charge on any atom is -0.337 e. The number of hydrogen-bond donors (Lipinski definition) is 2. The van der Waals surface area contributed by atoms with Gasteiger partial charge in [0, 0.05) is 16.5 Å². The number of hydrogen-bond acceptors (Lipinski definition) is 1. The molecule has 0 bridgehead atoms. The van der Waals surface area contributed by atoms with E-state index in [1.165, 1.54) is 11.1 Å². The fraction of sp³-hybridized carbons (Fsp3) is 0.167. The van der Waals surface area contributed by atoms with E-state index in [2.05, 4.69) is 79.7 Å². The van der Waals surface area contributed by atoms with Gasteiger partial charge in [0.05, 0.1) is 11.9 Å². The molecule has 2 aromatic carbocycles. The summed E-state index contributed by atoms with van der Waals surface area (Å²) in [5, 5.41) is 2.37. The number of nitrogens with zero attached hydrogens (tertiary/aromatic N) is 1. The zero-order valence-corrected chi connectivity index (χ0v) is 13.7. The van der Waals surface area contributed by atoms with Crippen LogP contribution < -0.4 is 5.32 Å². The average molecular weight is 355 g/mol. The highest BCUT2D eigenvalue weighted by Gasteiger charge is 2.25. The highest BCUT2D eigenvalue weighted by Crippen LogP contribution is 2.23. The molecule has 0 fully saturated rings. The molecule has 3 N–H and O–H groups in total. The molecule has 0 spiro atoms. The van der Waals surface area contributed by atoms with E-state index in [1.807, 2.05) is 6.20 Å². The van der Waals surface area contributed by atoms with Crippen molar-refractivity contribution in [3.8, 4) is 11.3 Å². The van der Waals surface area contributed by atoms with Crippen molar-refractivity contribution in [1.82, 2.24) is 9.97 Å². The fourth-order valence-corrected chi connectivity index (χ4v) is 3.32. The maximum Gasteiger partial charge on any atom is 0.165 e. The molecule has 0 radical (unpaired) electrons. The van der Waals surface area contributed by atoms with Crippen molar-refractivity contribution in [2.45, 2.75) is 19.0 Å². The van der Waals surface area contributed by atoms with Gasteiger partial charge in [-0.05, 0) is 23.3 Å². The second kappa shape index (κ2) is 5.71. The SMILES string of the molecule is Brc1ccc(-c2cnc([C@@H]3Cc4ccccc4C[NH2+]3)[nH]2)cc1. The molecule has 1 aliphatic rings. The van der Waals surface area contributed by atoms with Gasteiger partial charge in [0.15, 0.2) is 5.82 Å². The molecular weight excluding hydrogens is 338 g/mol. The van der Waals surface area contributed by atoms with Crippen LogP contribution >= 0.6 is 15.9 Å². The van der Waals surface area contributed by atoms with Crippen LogP contribution in [0.5, 0.6) is 0 Å². The summed E-state index contributed by atoms with van der Waals surface area (Å²) in [4.78, 5) is 8.10. The number of quaternary nitrogens is 1. The lowest BCUT2D eigenvalue weighted by Gasteiger charge is -2.21. The number of nitrogens with one attached hydrogen (secondary N) is 1. The summed E-state index contributed by atoms with van der Waals surface area (Å²) in [6, 6.07) is 17.4. The minimum absolute atomic E-state index is 0.374. The van der Waals surface area contributed by atoms with Gasteiger partial charge in [-0.2, -0.15) is 0 Å². The lowest BCUT2D eigenvalue weighted by atomic mass is 9.95. The first-order valence-electron chi connectivity index (χ1n) is 7.50. The second-order valence-electron chi connectivity index (χ2n) is 5.71. The quantitative estimate of drug-likeness (QED) is 0.729. The third kappa shape index (κ3) is 2.60. The van der Waals surface area contributed by atoms with Crippen LogP contribution in [0.4, 0.5) is 0 Å². The Morgan fingerprint density at radius 2 is 1.82 bits per heavy atom. The molecule has 22 heavy (non-hydrogen) atoms. The Bertz CT molecular complexity index is 792. The van der Waals surface area contributed by atoms with Crippen LogP contribution in [0.15, 0.2) is 59.2 Å². The van der Waals surface area contributed by atoms with Crippen LogP contribution in [0.3, 0.4) is 0 Å². The first-order valence-corrected chi connectivity index (χ1v) is 8.30. The predicted molar refractivity (Wildman–Crippen MR) is 90.2 cm³/mol. The summed E-state index contributed by atoms with van der Waals surface area (Å²) in [6.07, 6.45) is 2.97. The van der Waals surface area contributed by atoms with E-state index in [-0.39, 0.29) is 0 Å². The second-order valence-corrected chi connectivity index (χ2v) is 6.62. The highest BCUT2D eigenvalue weighted by atomic mass is 79.9. The first kappa shape index (κ1) is 13.7. The van der Waals surface area contributed by atoms with Gasteiger partial charge in [0.2, 0.25) is 0 Å². The molecule has 4 rings (SSSR count). The van der Waals surface area contributed by atoms with Gasteiger partial charge in [0.1, 0.15) is 12.6 Å². The summed E-state index contributed by atoms with van der Waals surface area (Å²) in [7, 11) is 0. The Kier molecular flexibility index (Phi) is 3.56. The van der Waals surface area contributed by atoms with Gasteiger partial charge >= 0.3 is 0 Å². The number of aromatic nitrogens is 2. The van der Waals surface area contributed by atoms with Crippen molar-refractivity contribution >= 4 is 15.9 Å². The lowest BCUT2D eigenvalue weighted by molar-refractivity contribution is -0.715. The summed E-state index contributed by atoms with van der Waals surface area (Å²) in [6.45, 7) is 1.02. The summed E-state index contributed by atoms with van der Waals surface area (Å²) < 4.78 is 1.09. The molecule has 0 saturated carbocycles. The minimum atomic E-state index is 0.374. The molecule has 4 heteroatoms. The molecule has 1 atom stereocenters. The van der Waals surface area contributed by atoms with E-state index in [9.17, 15) is 0 Å². The van der Waals surface area contributed by atoms with Crippen molar-refractivity contribution in [3.63, 3.8) is 0 Å². The first-order chi connectivity index (χ1) is 10.8. The summed E-state index contributed by atoms with van der Waals surface area (Å²) >= 11 is 3.47. The van der Waals surface area contributed by atoms with E-state index >= 15 is 0 Å². The summed E-state index contributed by atoms with van der Waals surface area (Å²) in [5.74, 6) is 1.06. The zero-order chi connectivity index (χ0) is 14.9. The highest BCUT2D eigenvalue weighted by molar-refractivity contribution is 9.10. The smallest absolute Gasteiger partial charge is 0.165 e. The van der Waals surface area contributed by atoms with Crippen molar-refractivity contribution in [3.05, 3.63) is 76.2 Å². The molecule has 2 heterocycles. The van der Waals surface area contributed by atoms with E-state index < -0.39 is 0 Å². The van der Waals surface area contributed by atoms with Crippen molar-refractivity contribution in [2.24, 2.45) is 0 Å². The Labute approximate surface area is 137 Å². The van der Waals surface area contributed by atoms with Crippen molar-refractivity contribution in [2.75, 3.05) is 0 Å². The lowest BCUT2D eigenvalue weighted by Crippen LogP contribution is -2.85. The molecule has 0 saturated heterocycles. The third-order valence-corrected chi connectivity index (χ3v) is 4.81. The standard InChI is InChI=1S/C18H16BrN3/c19-15-7-5-12(6-8-15)17-11-21-18(22-17)16-9-13-3-1-2-4-14(13)10-20-16/h1-8,11,16,20H,9-10H2,(H,21,22)/p+1/t16-/m0/s1. The Morgan fingerprint density at radius 3 is 2.64 bits per heavy atom. The molecule has 0 unspecified atom stereocenters. The van der Waals surface area contributed by atoms with Gasteiger partial charge in [0.25, 0.3) is 0 Å². The van der Waals surface area contributed by atoms with Crippen molar-refractivity contribution in [1.29, 1.82) is 0 Å². The number of H-pyrrole nitrogens is 1. The number of benzene rings is 2. The van der Waals surface area contributed by atoms with Gasteiger partial charge in [-0.15, -0.1) is 0 Å². The monoisotopic (exact) mass is 354 g/mol. The van der Waals surface area contributed by atoms with E-state index in [0.29, 0.717) is 6.04 Å². The molecule has 0 amide bonds. The van der Waals surface area contributed by atoms with Crippen molar-refractivity contribution < 1.29 is 5.32 Å². The number of aromatic amines is 1. The van der Waals surface area contributed by atoms with Gasteiger partial charge < -0.3 is 10.3 Å². The number of fused-ring (bicyclic) bond motifs is 1. The summed E-state index contributed by atoms with van der Waals surface area (Å²) in [5.41, 5.74) is 5.13. The van der Waals surface area contributed by atoms with Gasteiger partial charge in [-0.1, -0.05) is 52.3 Å². The molecule has 3 aromatic rings. The molecular formula is C18H17BrN3+. The Hall–Kier alpha value is -1.91. The molecule has 0 aliphatic carbocycles. The maximum absolute atomic E-state index is 4.61. The van der Waals surface area contributed by atoms with Crippen LogP contribution in [0, 0.1) is 0 Å². The van der Waals surface area contributed by atoms with Crippen LogP contribution in [0.1, 0.15) is 23.0 Å². The van der Waals surface area contributed by atoms with E-state index in [4.69, 9.17) is 0 Å². The molecule has 110 valence electrons. The van der Waals surface area contributed by atoms with Crippen LogP contribution in [-0.2, 0) is 13.0 Å². The zero-order valence-electron chi connectivity index (χ0n) is 12.1.